The fourth-order valence-electron chi connectivity index (χ4n) is 5.73. The van der Waals surface area contributed by atoms with Gasteiger partial charge in [-0.25, -0.2) is 0 Å². The van der Waals surface area contributed by atoms with Crippen molar-refractivity contribution in [3.8, 4) is 0 Å². The predicted molar refractivity (Wildman–Crippen MR) is 103 cm³/mol. The first kappa shape index (κ1) is 22.0. The fraction of sp³-hybridized carbons (Fsp3) is 1.00. The second-order valence-electron chi connectivity index (χ2n) is 7.02. The molecule has 0 saturated heterocycles. The summed E-state index contributed by atoms with van der Waals surface area (Å²) in [6, 6.07) is 0. The normalized spacial score (nSPS) is 14.6. The summed E-state index contributed by atoms with van der Waals surface area (Å²) >= 11 is 0. The Hall–Kier alpha value is -0.0400. The number of rotatable bonds is 13. The zero-order valence-corrected chi connectivity index (χ0v) is 17.1. The Balaban J connectivity index is 5.98. The van der Waals surface area contributed by atoms with E-state index < -0.39 is 0 Å². The lowest BCUT2D eigenvalue weighted by molar-refractivity contribution is -0.0864. The van der Waals surface area contributed by atoms with Crippen molar-refractivity contribution in [1.29, 1.82) is 0 Å². The first-order valence-electron chi connectivity index (χ1n) is 10.3. The van der Waals surface area contributed by atoms with Crippen LogP contribution in [-0.2, 0) is 0 Å². The maximum Gasteiger partial charge on any atom is 0.0262 e. The predicted octanol–water partition coefficient (Wildman–Crippen LogP) is 6.91. The van der Waals surface area contributed by atoms with Gasteiger partial charge in [0.25, 0.3) is 0 Å². The number of unbranched alkanes of at least 4 members (excludes halogenated alkanes) is 1. The molecule has 0 aliphatic heterocycles. The summed E-state index contributed by atoms with van der Waals surface area (Å²) in [7, 11) is 0. The van der Waals surface area contributed by atoms with Gasteiger partial charge in [-0.1, -0.05) is 74.7 Å². The van der Waals surface area contributed by atoms with E-state index in [0.29, 0.717) is 11.0 Å². The van der Waals surface area contributed by atoms with Crippen LogP contribution in [0.25, 0.3) is 0 Å². The van der Waals surface area contributed by atoms with Crippen molar-refractivity contribution in [3.63, 3.8) is 0 Å². The highest BCUT2D eigenvalue weighted by Crippen LogP contribution is 2.54. The van der Waals surface area contributed by atoms with Crippen molar-refractivity contribution in [3.05, 3.63) is 0 Å². The third kappa shape index (κ3) is 3.89. The third-order valence-corrected chi connectivity index (χ3v) is 6.91. The molecule has 0 rings (SSSR count). The van der Waals surface area contributed by atoms with Gasteiger partial charge in [-0.3, -0.25) is 4.90 Å². The highest BCUT2D eigenvalue weighted by atomic mass is 15.2. The van der Waals surface area contributed by atoms with E-state index in [1.807, 2.05) is 0 Å². The van der Waals surface area contributed by atoms with Crippen molar-refractivity contribution in [2.24, 2.45) is 11.3 Å². The van der Waals surface area contributed by atoms with Gasteiger partial charge in [0.15, 0.2) is 0 Å². The molecule has 1 heteroatoms. The molecular weight excluding hydrogens is 266 g/mol. The molecule has 0 aromatic heterocycles. The van der Waals surface area contributed by atoms with Crippen LogP contribution in [-0.4, -0.2) is 23.5 Å². The maximum absolute atomic E-state index is 2.80. The largest absolute Gasteiger partial charge is 0.298 e. The van der Waals surface area contributed by atoms with Crippen LogP contribution in [0, 0.1) is 11.3 Å². The maximum atomic E-state index is 2.80. The van der Waals surface area contributed by atoms with Crippen molar-refractivity contribution in [2.75, 3.05) is 13.1 Å². The lowest BCUT2D eigenvalue weighted by Gasteiger charge is -2.59. The van der Waals surface area contributed by atoms with Crippen molar-refractivity contribution in [1.82, 2.24) is 4.90 Å². The van der Waals surface area contributed by atoms with Gasteiger partial charge in [0.05, 0.1) is 0 Å². The number of hydrogen-bond acceptors (Lipinski definition) is 1. The molecule has 0 heterocycles. The molecule has 0 aromatic carbocycles. The smallest absolute Gasteiger partial charge is 0.0262 e. The Kier molecular flexibility index (Phi) is 10.7. The van der Waals surface area contributed by atoms with E-state index in [2.05, 4.69) is 60.3 Å². The molecule has 0 radical (unpaired) electrons. The summed E-state index contributed by atoms with van der Waals surface area (Å²) in [6.45, 7) is 21.6. The molecule has 0 saturated carbocycles. The molecule has 0 fully saturated rings. The monoisotopic (exact) mass is 311 g/mol. The van der Waals surface area contributed by atoms with Gasteiger partial charge in [0, 0.05) is 5.54 Å². The van der Waals surface area contributed by atoms with Gasteiger partial charge in [-0.05, 0) is 56.5 Å². The van der Waals surface area contributed by atoms with Gasteiger partial charge in [0.1, 0.15) is 0 Å². The Morgan fingerprint density at radius 2 is 1.23 bits per heavy atom. The van der Waals surface area contributed by atoms with Gasteiger partial charge in [-0.15, -0.1) is 0 Å². The second-order valence-corrected chi connectivity index (χ2v) is 7.02. The molecule has 0 spiro atoms. The van der Waals surface area contributed by atoms with Crippen LogP contribution in [0.1, 0.15) is 107 Å². The van der Waals surface area contributed by atoms with E-state index in [1.165, 1.54) is 64.5 Å². The molecule has 0 bridgehead atoms. The average molecular weight is 312 g/mol. The Morgan fingerprint density at radius 3 is 1.50 bits per heavy atom. The summed E-state index contributed by atoms with van der Waals surface area (Å²) in [4.78, 5) is 2.80. The summed E-state index contributed by atoms with van der Waals surface area (Å²) in [5.41, 5.74) is 0.834. The van der Waals surface area contributed by atoms with Crippen LogP contribution in [0.3, 0.4) is 0 Å². The van der Waals surface area contributed by atoms with Crippen LogP contribution < -0.4 is 0 Å². The molecule has 0 amide bonds. The molecule has 0 aromatic rings. The van der Waals surface area contributed by atoms with E-state index in [4.69, 9.17) is 0 Å². The minimum Gasteiger partial charge on any atom is -0.298 e. The van der Waals surface area contributed by atoms with Crippen molar-refractivity contribution in [2.45, 2.75) is 112 Å². The van der Waals surface area contributed by atoms with Crippen LogP contribution in [0.2, 0.25) is 0 Å². The van der Waals surface area contributed by atoms with Gasteiger partial charge in [0.2, 0.25) is 0 Å². The van der Waals surface area contributed by atoms with Gasteiger partial charge < -0.3 is 0 Å². The highest BCUT2D eigenvalue weighted by molar-refractivity contribution is 5.06. The molecule has 0 N–H and O–H groups in total. The second kappa shape index (κ2) is 10.7. The first-order valence-corrected chi connectivity index (χ1v) is 10.3. The van der Waals surface area contributed by atoms with Gasteiger partial charge >= 0.3 is 0 Å². The zero-order chi connectivity index (χ0) is 17.2. The quantitative estimate of drug-likeness (QED) is 0.357. The highest BCUT2D eigenvalue weighted by Gasteiger charge is 2.52. The van der Waals surface area contributed by atoms with Crippen molar-refractivity contribution >= 4 is 0 Å². The summed E-state index contributed by atoms with van der Waals surface area (Å²) in [5.74, 6) is 0.864. The van der Waals surface area contributed by atoms with Crippen LogP contribution in [0.4, 0.5) is 0 Å². The van der Waals surface area contributed by atoms with E-state index >= 15 is 0 Å². The van der Waals surface area contributed by atoms with Crippen molar-refractivity contribution < 1.29 is 0 Å². The zero-order valence-electron chi connectivity index (χ0n) is 17.1. The fourth-order valence-corrected chi connectivity index (χ4v) is 5.73. The molecule has 1 atom stereocenters. The van der Waals surface area contributed by atoms with Crippen LogP contribution in [0.15, 0.2) is 0 Å². The van der Waals surface area contributed by atoms with E-state index in [1.54, 1.807) is 0 Å². The molecular formula is C21H45N. The average Bonchev–Trinajstić information content (AvgIpc) is 2.57. The summed E-state index contributed by atoms with van der Waals surface area (Å²) in [5, 5.41) is 0. The van der Waals surface area contributed by atoms with E-state index in [0.717, 1.165) is 5.92 Å². The molecule has 0 aliphatic rings. The lowest BCUT2D eigenvalue weighted by atomic mass is 9.54. The first-order chi connectivity index (χ1) is 10.5. The third-order valence-electron chi connectivity index (χ3n) is 6.91. The van der Waals surface area contributed by atoms with E-state index in [-0.39, 0.29) is 0 Å². The lowest BCUT2D eigenvalue weighted by Crippen LogP contribution is -2.61. The topological polar surface area (TPSA) is 3.24 Å². The van der Waals surface area contributed by atoms with Crippen LogP contribution >= 0.6 is 0 Å². The molecule has 134 valence electrons. The Labute approximate surface area is 142 Å². The Morgan fingerprint density at radius 1 is 0.727 bits per heavy atom. The number of hydrogen-bond donors (Lipinski definition) is 0. The minimum atomic E-state index is 0.369. The molecule has 0 aliphatic carbocycles. The summed E-state index contributed by atoms with van der Waals surface area (Å²) in [6.07, 6.45) is 10.7. The Bertz CT molecular complexity index is 259. The summed E-state index contributed by atoms with van der Waals surface area (Å²) < 4.78 is 0. The number of nitrogens with zero attached hydrogens (tertiary/aromatic N) is 1. The SMILES string of the molecule is CCCCC(CC)C(CC)(CC)C(CC)(CC)N(CC)CC. The molecule has 1 unspecified atom stereocenters. The van der Waals surface area contributed by atoms with Gasteiger partial charge in [-0.2, -0.15) is 0 Å². The standard InChI is InChI=1S/C21H45N/c1-9-17-18-19(10-2)20(11-3,12-4)21(13-5,14-6)22(15-7)16-8/h19H,9-18H2,1-8H3. The molecule has 1 nitrogen and oxygen atoms in total. The van der Waals surface area contributed by atoms with Crippen LogP contribution in [0.5, 0.6) is 0 Å². The minimum absolute atomic E-state index is 0.369. The van der Waals surface area contributed by atoms with E-state index in [9.17, 15) is 0 Å². The molecule has 22 heavy (non-hydrogen) atoms.